The summed E-state index contributed by atoms with van der Waals surface area (Å²) in [5, 5.41) is 4.88. The number of rotatable bonds is 4. The number of halogens is 4. The van der Waals surface area contributed by atoms with Gasteiger partial charge in [0.15, 0.2) is 0 Å². The van der Waals surface area contributed by atoms with Crippen molar-refractivity contribution in [2.75, 3.05) is 11.9 Å². The number of anilines is 1. The predicted octanol–water partition coefficient (Wildman–Crippen LogP) is 3.66. The second-order valence-corrected chi connectivity index (χ2v) is 5.57. The second kappa shape index (κ2) is 8.02. The lowest BCUT2D eigenvalue weighted by atomic mass is 10.1. The van der Waals surface area contributed by atoms with Crippen LogP contribution in [0, 0.1) is 0 Å². The van der Waals surface area contributed by atoms with Gasteiger partial charge in [-0.3, -0.25) is 9.59 Å². The smallest absolute Gasteiger partial charge is 0.347 e. The molecular weight excluding hydrogens is 357 g/mol. The maximum absolute atomic E-state index is 12.9. The fraction of sp³-hybridized carbons (Fsp3) is 0.176. The highest BCUT2D eigenvalue weighted by molar-refractivity contribution is 6.39. The highest BCUT2D eigenvalue weighted by Crippen LogP contribution is 2.34. The Kier molecular flexibility index (Phi) is 6.03. The van der Waals surface area contributed by atoms with Gasteiger partial charge in [-0.25, -0.2) is 0 Å². The van der Waals surface area contributed by atoms with Crippen molar-refractivity contribution in [1.29, 1.82) is 0 Å². The summed E-state index contributed by atoms with van der Waals surface area (Å²) in [6.45, 7) is 0.146. The van der Waals surface area contributed by atoms with E-state index >= 15 is 0 Å². The molecule has 0 saturated heterocycles. The van der Waals surface area contributed by atoms with Gasteiger partial charge < -0.3 is 10.6 Å². The minimum atomic E-state index is -4.63. The third-order valence-electron chi connectivity index (χ3n) is 3.28. The molecule has 0 spiro atoms. The molecule has 0 saturated carbocycles. The van der Waals surface area contributed by atoms with Crippen LogP contribution in [0.5, 0.6) is 0 Å². The van der Waals surface area contributed by atoms with Gasteiger partial charge in [0.1, 0.15) is 0 Å². The summed E-state index contributed by atoms with van der Waals surface area (Å²) in [5.41, 5.74) is -0.629. The summed E-state index contributed by atoms with van der Waals surface area (Å²) >= 11 is 5.84. The molecule has 0 bridgehead atoms. The van der Waals surface area contributed by atoms with Crippen LogP contribution in [0.2, 0.25) is 5.02 Å². The normalized spacial score (nSPS) is 11.0. The zero-order chi connectivity index (χ0) is 18.4. The first-order chi connectivity index (χ1) is 11.8. The molecule has 4 nitrogen and oxygen atoms in total. The summed E-state index contributed by atoms with van der Waals surface area (Å²) in [7, 11) is 0. The number of nitrogens with one attached hydrogen (secondary N) is 2. The summed E-state index contributed by atoms with van der Waals surface area (Å²) in [6.07, 6.45) is -4.20. The molecule has 2 aromatic carbocycles. The minimum absolute atomic E-state index is 0.146. The van der Waals surface area contributed by atoms with E-state index in [0.717, 1.165) is 17.7 Å². The Hall–Kier alpha value is -2.54. The van der Waals surface area contributed by atoms with Crippen molar-refractivity contribution >= 4 is 29.1 Å². The average molecular weight is 371 g/mol. The number of hydrogen-bond donors (Lipinski definition) is 2. The predicted molar refractivity (Wildman–Crippen MR) is 88.2 cm³/mol. The van der Waals surface area contributed by atoms with Crippen molar-refractivity contribution in [3.63, 3.8) is 0 Å². The molecule has 8 heteroatoms. The summed E-state index contributed by atoms with van der Waals surface area (Å²) < 4.78 is 38.6. The highest BCUT2D eigenvalue weighted by atomic mass is 35.5. The molecule has 0 fully saturated rings. The van der Waals surface area contributed by atoms with Crippen molar-refractivity contribution < 1.29 is 22.8 Å². The fourth-order valence-electron chi connectivity index (χ4n) is 2.11. The van der Waals surface area contributed by atoms with E-state index in [1.165, 1.54) is 12.1 Å². The Morgan fingerprint density at radius 1 is 1.00 bits per heavy atom. The first kappa shape index (κ1) is 18.8. The molecule has 0 unspecified atom stereocenters. The third-order valence-corrected chi connectivity index (χ3v) is 3.51. The summed E-state index contributed by atoms with van der Waals surface area (Å²) in [4.78, 5) is 23.5. The number of para-hydroxylation sites is 1. The van der Waals surface area contributed by atoms with Crippen LogP contribution in [0.25, 0.3) is 0 Å². The number of amides is 2. The van der Waals surface area contributed by atoms with Crippen LogP contribution in [-0.4, -0.2) is 18.4 Å². The van der Waals surface area contributed by atoms with Crippen molar-refractivity contribution in [3.8, 4) is 0 Å². The average Bonchev–Trinajstić information content (AvgIpc) is 2.54. The van der Waals surface area contributed by atoms with E-state index < -0.39 is 29.2 Å². The van der Waals surface area contributed by atoms with Crippen LogP contribution in [0.4, 0.5) is 18.9 Å². The third kappa shape index (κ3) is 5.49. The van der Waals surface area contributed by atoms with Crippen molar-refractivity contribution in [2.45, 2.75) is 12.6 Å². The summed E-state index contributed by atoms with van der Waals surface area (Å²) in [6, 6.07) is 11.4. The van der Waals surface area contributed by atoms with Crippen LogP contribution in [0.15, 0.2) is 48.5 Å². The lowest BCUT2D eigenvalue weighted by Crippen LogP contribution is -2.36. The lowest BCUT2D eigenvalue weighted by molar-refractivity contribution is -0.138. The molecule has 2 rings (SSSR count). The standard InChI is InChI=1S/C17H14ClF3N2O2/c18-12-5-3-4-11(10-12)8-9-22-15(24)16(25)23-14-7-2-1-6-13(14)17(19,20)21/h1-7,10H,8-9H2,(H,22,24)(H,23,25). The second-order valence-electron chi connectivity index (χ2n) is 5.13. The number of alkyl halides is 3. The number of carbonyl (C=O) groups excluding carboxylic acids is 2. The Balaban J connectivity index is 1.92. The highest BCUT2D eigenvalue weighted by Gasteiger charge is 2.33. The van der Waals surface area contributed by atoms with Crippen LogP contribution < -0.4 is 10.6 Å². The quantitative estimate of drug-likeness (QED) is 0.807. The van der Waals surface area contributed by atoms with Gasteiger partial charge in [0.25, 0.3) is 0 Å². The first-order valence-electron chi connectivity index (χ1n) is 7.27. The molecule has 2 N–H and O–H groups in total. The van der Waals surface area contributed by atoms with Crippen LogP contribution in [-0.2, 0) is 22.2 Å². The number of hydrogen-bond acceptors (Lipinski definition) is 2. The van der Waals surface area contributed by atoms with Gasteiger partial charge in [-0.05, 0) is 36.2 Å². The molecule has 0 aromatic heterocycles. The lowest BCUT2D eigenvalue weighted by Gasteiger charge is -2.13. The molecule has 132 valence electrons. The van der Waals surface area contributed by atoms with Gasteiger partial charge in [-0.1, -0.05) is 35.9 Å². The Labute approximate surface area is 147 Å². The van der Waals surface area contributed by atoms with E-state index in [0.29, 0.717) is 11.4 Å². The zero-order valence-corrected chi connectivity index (χ0v) is 13.6. The summed E-state index contributed by atoms with van der Waals surface area (Å²) in [5.74, 6) is -2.18. The largest absolute Gasteiger partial charge is 0.418 e. The molecule has 0 heterocycles. The Morgan fingerprint density at radius 2 is 1.72 bits per heavy atom. The van der Waals surface area contributed by atoms with Gasteiger partial charge in [-0.15, -0.1) is 0 Å². The van der Waals surface area contributed by atoms with Crippen LogP contribution in [0.1, 0.15) is 11.1 Å². The van der Waals surface area contributed by atoms with Crippen LogP contribution in [0.3, 0.4) is 0 Å². The van der Waals surface area contributed by atoms with E-state index in [-0.39, 0.29) is 6.54 Å². The Bertz CT molecular complexity index is 778. The molecule has 0 radical (unpaired) electrons. The minimum Gasteiger partial charge on any atom is -0.347 e. The maximum Gasteiger partial charge on any atom is 0.418 e. The first-order valence-corrected chi connectivity index (χ1v) is 7.65. The topological polar surface area (TPSA) is 58.2 Å². The van der Waals surface area contributed by atoms with Gasteiger partial charge in [0, 0.05) is 11.6 Å². The van der Waals surface area contributed by atoms with Gasteiger partial charge in [0.05, 0.1) is 11.3 Å². The molecule has 0 aliphatic heterocycles. The van der Waals surface area contributed by atoms with E-state index in [9.17, 15) is 22.8 Å². The van der Waals surface area contributed by atoms with Crippen molar-refractivity contribution in [3.05, 3.63) is 64.7 Å². The molecule has 25 heavy (non-hydrogen) atoms. The molecule has 2 amide bonds. The molecule has 0 atom stereocenters. The molecular formula is C17H14ClF3N2O2. The van der Waals surface area contributed by atoms with Gasteiger partial charge in [-0.2, -0.15) is 13.2 Å². The molecule has 0 aliphatic carbocycles. The fourth-order valence-corrected chi connectivity index (χ4v) is 2.32. The van der Waals surface area contributed by atoms with E-state index in [1.54, 1.807) is 24.3 Å². The SMILES string of the molecule is O=C(NCCc1cccc(Cl)c1)C(=O)Nc1ccccc1C(F)(F)F. The van der Waals surface area contributed by atoms with Crippen LogP contribution >= 0.6 is 11.6 Å². The van der Waals surface area contributed by atoms with Gasteiger partial charge in [0.2, 0.25) is 0 Å². The molecule has 0 aliphatic rings. The number of benzene rings is 2. The monoisotopic (exact) mass is 370 g/mol. The number of carbonyl (C=O) groups is 2. The maximum atomic E-state index is 12.9. The van der Waals surface area contributed by atoms with E-state index in [1.807, 2.05) is 5.32 Å². The van der Waals surface area contributed by atoms with Crippen molar-refractivity contribution in [1.82, 2.24) is 5.32 Å². The zero-order valence-electron chi connectivity index (χ0n) is 12.9. The van der Waals surface area contributed by atoms with Crippen molar-refractivity contribution in [2.24, 2.45) is 0 Å². The Morgan fingerprint density at radius 3 is 2.40 bits per heavy atom. The van der Waals surface area contributed by atoms with E-state index in [2.05, 4.69) is 5.32 Å². The molecule has 2 aromatic rings. The van der Waals surface area contributed by atoms with E-state index in [4.69, 9.17) is 11.6 Å². The van der Waals surface area contributed by atoms with Gasteiger partial charge >= 0.3 is 18.0 Å².